The Morgan fingerprint density at radius 1 is 1.06 bits per heavy atom. The molecule has 0 saturated carbocycles. The molecule has 2 rings (SSSR count). The predicted molar refractivity (Wildman–Crippen MR) is 80.4 cm³/mol. The minimum atomic E-state index is 0.258. The second-order valence-electron chi connectivity index (χ2n) is 7.45. The van der Waals surface area contributed by atoms with Gasteiger partial charge in [0, 0.05) is 17.8 Å². The van der Waals surface area contributed by atoms with Crippen LogP contribution in [0.2, 0.25) is 0 Å². The third-order valence-electron chi connectivity index (χ3n) is 4.08. The van der Waals surface area contributed by atoms with E-state index >= 15 is 0 Å². The lowest BCUT2D eigenvalue weighted by atomic mass is 9.86. The maximum Gasteiger partial charge on any atom is 0.0406 e. The van der Waals surface area contributed by atoms with Crippen LogP contribution < -0.4 is 4.90 Å². The molecule has 1 aromatic carbocycles. The Labute approximate surface area is 112 Å². The fourth-order valence-corrected chi connectivity index (χ4v) is 3.60. The zero-order chi connectivity index (χ0) is 13.6. The maximum absolute atomic E-state index is 2.61. The van der Waals surface area contributed by atoms with Crippen molar-refractivity contribution in [3.05, 3.63) is 29.8 Å². The van der Waals surface area contributed by atoms with Gasteiger partial charge in [0.15, 0.2) is 0 Å². The molecule has 1 heterocycles. The highest BCUT2D eigenvalue weighted by Crippen LogP contribution is 2.45. The lowest BCUT2D eigenvalue weighted by molar-refractivity contribution is 0.371. The Kier molecular flexibility index (Phi) is 3.21. The van der Waals surface area contributed by atoms with E-state index in [4.69, 9.17) is 0 Å². The van der Waals surface area contributed by atoms with Crippen molar-refractivity contribution < 1.29 is 0 Å². The molecule has 0 aliphatic carbocycles. The lowest BCUT2D eigenvalue weighted by Crippen LogP contribution is -2.38. The Morgan fingerprint density at radius 2 is 1.67 bits per heavy atom. The van der Waals surface area contributed by atoms with Gasteiger partial charge >= 0.3 is 0 Å². The number of benzene rings is 1. The van der Waals surface area contributed by atoms with Gasteiger partial charge in [-0.05, 0) is 43.2 Å². The molecule has 1 aromatic rings. The summed E-state index contributed by atoms with van der Waals surface area (Å²) in [5.41, 5.74) is 3.58. The summed E-state index contributed by atoms with van der Waals surface area (Å²) < 4.78 is 0. The molecule has 0 unspecified atom stereocenters. The molecule has 0 N–H and O–H groups in total. The minimum Gasteiger partial charge on any atom is -0.366 e. The van der Waals surface area contributed by atoms with Crippen molar-refractivity contribution in [3.8, 4) is 0 Å². The van der Waals surface area contributed by atoms with E-state index in [-0.39, 0.29) is 5.54 Å². The molecule has 100 valence electrons. The molecular formula is C17H27N. The predicted octanol–water partition coefficient (Wildman–Crippen LogP) is 4.82. The van der Waals surface area contributed by atoms with E-state index in [0.717, 1.165) is 6.54 Å². The van der Waals surface area contributed by atoms with E-state index in [1.807, 2.05) is 0 Å². The molecule has 0 amide bonds. The normalized spacial score (nSPS) is 21.6. The zero-order valence-corrected chi connectivity index (χ0v) is 12.7. The largest absolute Gasteiger partial charge is 0.366 e. The van der Waals surface area contributed by atoms with Crippen LogP contribution >= 0.6 is 0 Å². The first-order chi connectivity index (χ1) is 8.23. The van der Waals surface area contributed by atoms with Crippen LogP contribution in [0, 0.1) is 5.41 Å². The van der Waals surface area contributed by atoms with Gasteiger partial charge in [-0.15, -0.1) is 0 Å². The van der Waals surface area contributed by atoms with Crippen molar-refractivity contribution >= 4 is 5.69 Å². The summed E-state index contributed by atoms with van der Waals surface area (Å²) >= 11 is 0. The highest BCUT2D eigenvalue weighted by atomic mass is 15.2. The molecule has 1 fully saturated rings. The van der Waals surface area contributed by atoms with Crippen LogP contribution in [0.1, 0.15) is 59.4 Å². The van der Waals surface area contributed by atoms with Crippen molar-refractivity contribution in [1.82, 2.24) is 0 Å². The quantitative estimate of drug-likeness (QED) is 0.721. The summed E-state index contributed by atoms with van der Waals surface area (Å²) in [6.07, 6.45) is 1.26. The van der Waals surface area contributed by atoms with Gasteiger partial charge in [0.2, 0.25) is 0 Å². The van der Waals surface area contributed by atoms with Crippen LogP contribution in [0.25, 0.3) is 0 Å². The monoisotopic (exact) mass is 245 g/mol. The van der Waals surface area contributed by atoms with Crippen molar-refractivity contribution in [2.75, 3.05) is 11.4 Å². The number of para-hydroxylation sites is 1. The number of nitrogens with zero attached hydrogens (tertiary/aromatic N) is 1. The van der Waals surface area contributed by atoms with Crippen LogP contribution in [0.3, 0.4) is 0 Å². The third-order valence-corrected chi connectivity index (χ3v) is 4.08. The van der Waals surface area contributed by atoms with E-state index in [1.165, 1.54) is 17.7 Å². The number of rotatable bonds is 2. The first-order valence-corrected chi connectivity index (χ1v) is 7.09. The van der Waals surface area contributed by atoms with E-state index in [1.54, 1.807) is 0 Å². The van der Waals surface area contributed by atoms with Gasteiger partial charge in [-0.2, -0.15) is 0 Å². The van der Waals surface area contributed by atoms with Crippen molar-refractivity contribution in [2.24, 2.45) is 5.41 Å². The zero-order valence-electron chi connectivity index (χ0n) is 12.7. The molecule has 0 radical (unpaired) electrons. The molecule has 0 bridgehead atoms. The number of hydrogen-bond acceptors (Lipinski definition) is 1. The highest BCUT2D eigenvalue weighted by Gasteiger charge is 2.43. The maximum atomic E-state index is 2.61. The Hall–Kier alpha value is -0.980. The van der Waals surface area contributed by atoms with Gasteiger partial charge in [0.1, 0.15) is 0 Å². The average molecular weight is 245 g/mol. The smallest absolute Gasteiger partial charge is 0.0406 e. The summed E-state index contributed by atoms with van der Waals surface area (Å²) in [6, 6.07) is 8.90. The molecule has 1 saturated heterocycles. The fraction of sp³-hybridized carbons (Fsp3) is 0.647. The van der Waals surface area contributed by atoms with E-state index in [0.29, 0.717) is 11.3 Å². The van der Waals surface area contributed by atoms with Gasteiger partial charge in [0.05, 0.1) is 0 Å². The topological polar surface area (TPSA) is 3.24 Å². The molecule has 0 atom stereocenters. The molecular weight excluding hydrogens is 218 g/mol. The molecule has 1 aliphatic rings. The summed E-state index contributed by atoms with van der Waals surface area (Å²) in [4.78, 5) is 2.61. The Morgan fingerprint density at radius 3 is 2.17 bits per heavy atom. The summed E-state index contributed by atoms with van der Waals surface area (Å²) in [7, 11) is 0. The van der Waals surface area contributed by atoms with Crippen molar-refractivity contribution in [3.63, 3.8) is 0 Å². The summed E-state index contributed by atoms with van der Waals surface area (Å²) in [5.74, 6) is 0.584. The average Bonchev–Trinajstić information content (AvgIpc) is 2.46. The Balaban J connectivity index is 2.43. The van der Waals surface area contributed by atoms with Crippen LogP contribution in [0.5, 0.6) is 0 Å². The molecule has 0 aromatic heterocycles. The van der Waals surface area contributed by atoms with Gasteiger partial charge in [-0.1, -0.05) is 45.9 Å². The molecule has 1 nitrogen and oxygen atoms in total. The van der Waals surface area contributed by atoms with Crippen LogP contribution in [-0.4, -0.2) is 12.1 Å². The second kappa shape index (κ2) is 4.29. The molecule has 1 aliphatic heterocycles. The molecule has 18 heavy (non-hydrogen) atoms. The number of anilines is 1. The van der Waals surface area contributed by atoms with Gasteiger partial charge in [-0.3, -0.25) is 0 Å². The first kappa shape index (κ1) is 13.5. The van der Waals surface area contributed by atoms with Crippen LogP contribution in [0.15, 0.2) is 24.3 Å². The Bertz CT molecular complexity index is 429. The number of hydrogen-bond donors (Lipinski definition) is 0. The molecule has 0 spiro atoms. The second-order valence-corrected chi connectivity index (χ2v) is 7.45. The van der Waals surface area contributed by atoms with Crippen LogP contribution in [0.4, 0.5) is 5.69 Å². The van der Waals surface area contributed by atoms with Crippen LogP contribution in [-0.2, 0) is 0 Å². The minimum absolute atomic E-state index is 0.258. The van der Waals surface area contributed by atoms with Gasteiger partial charge in [-0.25, -0.2) is 0 Å². The molecule has 1 heteroatoms. The SMILES string of the molecule is CC(C)c1ccccc1N1CC(C)(C)CC1(C)C. The summed E-state index contributed by atoms with van der Waals surface area (Å²) in [5, 5.41) is 0. The standard InChI is InChI=1S/C17H27N/c1-13(2)14-9-7-8-10-15(14)18-12-16(3,4)11-17(18,5)6/h7-10,13H,11-12H2,1-6H3. The highest BCUT2D eigenvalue weighted by molar-refractivity contribution is 5.58. The van der Waals surface area contributed by atoms with E-state index in [9.17, 15) is 0 Å². The van der Waals surface area contributed by atoms with E-state index in [2.05, 4.69) is 70.7 Å². The fourth-order valence-electron chi connectivity index (χ4n) is 3.60. The van der Waals surface area contributed by atoms with Gasteiger partial charge in [0.25, 0.3) is 0 Å². The van der Waals surface area contributed by atoms with E-state index < -0.39 is 0 Å². The third kappa shape index (κ3) is 2.41. The van der Waals surface area contributed by atoms with Crippen molar-refractivity contribution in [1.29, 1.82) is 0 Å². The lowest BCUT2D eigenvalue weighted by Gasteiger charge is -2.35. The van der Waals surface area contributed by atoms with Crippen molar-refractivity contribution in [2.45, 2.75) is 59.4 Å². The summed E-state index contributed by atoms with van der Waals surface area (Å²) in [6.45, 7) is 15.2. The van der Waals surface area contributed by atoms with Gasteiger partial charge < -0.3 is 4.90 Å². The first-order valence-electron chi connectivity index (χ1n) is 7.09.